The summed E-state index contributed by atoms with van der Waals surface area (Å²) in [4.78, 5) is 13.3. The van der Waals surface area contributed by atoms with Gasteiger partial charge in [0.1, 0.15) is 17.5 Å². The van der Waals surface area contributed by atoms with Gasteiger partial charge in [0.25, 0.3) is 0 Å². The summed E-state index contributed by atoms with van der Waals surface area (Å²) in [5.74, 6) is 0.934. The lowest BCUT2D eigenvalue weighted by molar-refractivity contribution is -0.119. The zero-order chi connectivity index (χ0) is 22.0. The highest BCUT2D eigenvalue weighted by Crippen LogP contribution is 2.33. The number of methoxy groups -OCH3 is 2. The van der Waals surface area contributed by atoms with Gasteiger partial charge in [-0.05, 0) is 49.2 Å². The molecule has 1 heterocycles. The van der Waals surface area contributed by atoms with Crippen LogP contribution in [-0.2, 0) is 14.8 Å². The van der Waals surface area contributed by atoms with Gasteiger partial charge in [-0.25, -0.2) is 8.42 Å². The van der Waals surface area contributed by atoms with E-state index in [0.29, 0.717) is 36.6 Å². The lowest BCUT2D eigenvalue weighted by Crippen LogP contribution is -2.43. The van der Waals surface area contributed by atoms with Crippen molar-refractivity contribution in [3.8, 4) is 11.5 Å². The summed E-state index contributed by atoms with van der Waals surface area (Å²) in [5, 5.41) is 4.63. The van der Waals surface area contributed by atoms with Crippen LogP contribution < -0.4 is 14.8 Å². The van der Waals surface area contributed by atoms with Gasteiger partial charge in [0.15, 0.2) is 0 Å². The minimum Gasteiger partial charge on any atom is -0.497 e. The first-order valence-electron chi connectivity index (χ1n) is 9.98. The number of carbonyl (C=O) groups is 1. The van der Waals surface area contributed by atoms with Gasteiger partial charge in [-0.15, -0.1) is 0 Å². The molecule has 3 aromatic carbocycles. The fraction of sp³-hybridized carbons (Fsp3) is 0.261. The van der Waals surface area contributed by atoms with Crippen LogP contribution >= 0.6 is 0 Å². The molecule has 0 saturated carbocycles. The van der Waals surface area contributed by atoms with E-state index in [9.17, 15) is 13.2 Å². The highest BCUT2D eigenvalue weighted by molar-refractivity contribution is 7.89. The van der Waals surface area contributed by atoms with Gasteiger partial charge in [-0.3, -0.25) is 4.79 Å². The van der Waals surface area contributed by atoms with Crippen LogP contribution in [0.4, 0.5) is 5.69 Å². The molecule has 1 fully saturated rings. The Balaban J connectivity index is 1.61. The summed E-state index contributed by atoms with van der Waals surface area (Å²) in [6.45, 7) is 0.301. The molecule has 1 unspecified atom stereocenters. The number of hydrogen-bond acceptors (Lipinski definition) is 5. The highest BCUT2D eigenvalue weighted by atomic mass is 32.2. The second-order valence-electron chi connectivity index (χ2n) is 7.30. The zero-order valence-corrected chi connectivity index (χ0v) is 18.2. The van der Waals surface area contributed by atoms with Crippen LogP contribution in [0.3, 0.4) is 0 Å². The number of sulfonamides is 1. The second-order valence-corrected chi connectivity index (χ2v) is 9.19. The maximum Gasteiger partial charge on any atom is 0.243 e. The third-order valence-corrected chi connectivity index (χ3v) is 7.46. The number of hydrogen-bond donors (Lipinski definition) is 1. The molecular weight excluding hydrogens is 416 g/mol. The van der Waals surface area contributed by atoms with Crippen molar-refractivity contribution in [2.24, 2.45) is 0 Å². The number of nitrogens with zero attached hydrogens (tertiary/aromatic N) is 1. The molecule has 4 rings (SSSR count). The van der Waals surface area contributed by atoms with Gasteiger partial charge in [0.2, 0.25) is 15.9 Å². The molecule has 8 heteroatoms. The smallest absolute Gasteiger partial charge is 0.243 e. The van der Waals surface area contributed by atoms with E-state index in [1.807, 2.05) is 24.3 Å². The molecule has 0 bridgehead atoms. The molecule has 1 aliphatic rings. The molecule has 1 atom stereocenters. The monoisotopic (exact) mass is 440 g/mol. The standard InChI is InChI=1S/C23H24N2O5S/c1-29-16-9-11-17(12-10-16)31(27,28)25-15-5-8-21(25)23(26)24-20-13-14-22(30-2)19-7-4-3-6-18(19)20/h3-4,6-7,9-14,21H,5,8,15H2,1-2H3,(H,24,26). The van der Waals surface area contributed by atoms with E-state index in [1.54, 1.807) is 31.4 Å². The lowest BCUT2D eigenvalue weighted by atomic mass is 10.1. The summed E-state index contributed by atoms with van der Waals surface area (Å²) in [6, 6.07) is 16.6. The van der Waals surface area contributed by atoms with Gasteiger partial charge in [-0.2, -0.15) is 4.31 Å². The highest BCUT2D eigenvalue weighted by Gasteiger charge is 2.39. The first-order valence-corrected chi connectivity index (χ1v) is 11.4. The van der Waals surface area contributed by atoms with Crippen molar-refractivity contribution in [3.05, 3.63) is 60.7 Å². The number of benzene rings is 3. The topological polar surface area (TPSA) is 84.9 Å². The van der Waals surface area contributed by atoms with E-state index in [2.05, 4.69) is 5.32 Å². The Morgan fingerprint density at radius 3 is 2.35 bits per heavy atom. The number of nitrogens with one attached hydrogen (secondary N) is 1. The van der Waals surface area contributed by atoms with Gasteiger partial charge in [0.05, 0.1) is 19.1 Å². The fourth-order valence-electron chi connectivity index (χ4n) is 3.95. The molecular formula is C23H24N2O5S. The molecule has 1 amide bonds. The minimum atomic E-state index is -3.81. The molecule has 162 valence electrons. The quantitative estimate of drug-likeness (QED) is 0.633. The number of fused-ring (bicyclic) bond motifs is 1. The van der Waals surface area contributed by atoms with Crippen molar-refractivity contribution in [2.45, 2.75) is 23.8 Å². The number of carbonyl (C=O) groups excluding carboxylic acids is 1. The van der Waals surface area contributed by atoms with Gasteiger partial charge in [-0.1, -0.05) is 24.3 Å². The van der Waals surface area contributed by atoms with Crippen LogP contribution in [0.25, 0.3) is 10.8 Å². The molecule has 1 saturated heterocycles. The molecule has 1 aliphatic heterocycles. The minimum absolute atomic E-state index is 0.142. The maximum atomic E-state index is 13.2. The van der Waals surface area contributed by atoms with Crippen LogP contribution in [0.2, 0.25) is 0 Å². The Morgan fingerprint density at radius 1 is 0.968 bits per heavy atom. The van der Waals surface area contributed by atoms with Gasteiger partial charge >= 0.3 is 0 Å². The first-order chi connectivity index (χ1) is 15.0. The van der Waals surface area contributed by atoms with Crippen LogP contribution in [0, 0.1) is 0 Å². The van der Waals surface area contributed by atoms with Crippen molar-refractivity contribution in [1.82, 2.24) is 4.31 Å². The second kappa shape index (κ2) is 8.56. The van der Waals surface area contributed by atoms with Crippen molar-refractivity contribution in [1.29, 1.82) is 0 Å². The summed E-state index contributed by atoms with van der Waals surface area (Å²) in [5.41, 5.74) is 0.620. The van der Waals surface area contributed by atoms with Gasteiger partial charge < -0.3 is 14.8 Å². The predicted molar refractivity (Wildman–Crippen MR) is 119 cm³/mol. The van der Waals surface area contributed by atoms with E-state index in [-0.39, 0.29) is 10.8 Å². The number of ether oxygens (including phenoxy) is 2. The molecule has 0 spiro atoms. The van der Waals surface area contributed by atoms with E-state index in [4.69, 9.17) is 9.47 Å². The van der Waals surface area contributed by atoms with Crippen molar-refractivity contribution >= 4 is 32.4 Å². The maximum absolute atomic E-state index is 13.2. The zero-order valence-electron chi connectivity index (χ0n) is 17.4. The summed E-state index contributed by atoms with van der Waals surface area (Å²) >= 11 is 0. The Labute approximate surface area is 181 Å². The van der Waals surface area contributed by atoms with E-state index in [1.165, 1.54) is 23.5 Å². The largest absolute Gasteiger partial charge is 0.497 e. The van der Waals surface area contributed by atoms with Crippen LogP contribution in [0.5, 0.6) is 11.5 Å². The number of anilines is 1. The molecule has 0 radical (unpaired) electrons. The molecule has 0 aromatic heterocycles. The molecule has 1 N–H and O–H groups in total. The average molecular weight is 441 g/mol. The number of rotatable bonds is 6. The summed E-state index contributed by atoms with van der Waals surface area (Å²) < 4.78 is 38.2. The van der Waals surface area contributed by atoms with Crippen molar-refractivity contribution < 1.29 is 22.7 Å². The molecule has 7 nitrogen and oxygen atoms in total. The van der Waals surface area contributed by atoms with Crippen molar-refractivity contribution in [3.63, 3.8) is 0 Å². The number of amides is 1. The predicted octanol–water partition coefficient (Wildman–Crippen LogP) is 3.65. The van der Waals surface area contributed by atoms with Crippen LogP contribution in [-0.4, -0.2) is 45.4 Å². The molecule has 31 heavy (non-hydrogen) atoms. The van der Waals surface area contributed by atoms with E-state index >= 15 is 0 Å². The Morgan fingerprint density at radius 2 is 1.68 bits per heavy atom. The molecule has 0 aliphatic carbocycles. The summed E-state index contributed by atoms with van der Waals surface area (Å²) in [6.07, 6.45) is 1.09. The van der Waals surface area contributed by atoms with Gasteiger partial charge in [0, 0.05) is 23.0 Å². The Bertz CT molecular complexity index is 1210. The lowest BCUT2D eigenvalue weighted by Gasteiger charge is -2.24. The molecule has 3 aromatic rings. The third kappa shape index (κ3) is 3.96. The van der Waals surface area contributed by atoms with Crippen molar-refractivity contribution in [2.75, 3.05) is 26.1 Å². The average Bonchev–Trinajstić information content (AvgIpc) is 3.30. The van der Waals surface area contributed by atoms with E-state index < -0.39 is 16.1 Å². The SMILES string of the molecule is COc1ccc(S(=O)(=O)N2CCCC2C(=O)Nc2ccc(OC)c3ccccc23)cc1. The van der Waals surface area contributed by atoms with Crippen LogP contribution in [0.15, 0.2) is 65.6 Å². The third-order valence-electron chi connectivity index (χ3n) is 5.53. The summed E-state index contributed by atoms with van der Waals surface area (Å²) in [7, 11) is -0.688. The van der Waals surface area contributed by atoms with E-state index in [0.717, 1.165) is 10.8 Å². The normalized spacial score (nSPS) is 16.9. The Hall–Kier alpha value is -3.10. The fourth-order valence-corrected chi connectivity index (χ4v) is 5.60. The first kappa shape index (κ1) is 21.1. The Kier molecular flexibility index (Phi) is 5.84. The van der Waals surface area contributed by atoms with Crippen LogP contribution in [0.1, 0.15) is 12.8 Å².